The summed E-state index contributed by atoms with van der Waals surface area (Å²) >= 11 is 0. The van der Waals surface area contributed by atoms with Gasteiger partial charge in [-0.15, -0.1) is 0 Å². The second-order valence-electron chi connectivity index (χ2n) is 4.05. The van der Waals surface area contributed by atoms with Crippen LogP contribution in [0.4, 0.5) is 4.39 Å². The van der Waals surface area contributed by atoms with Gasteiger partial charge in [0, 0.05) is 0 Å². The molecule has 17 heavy (non-hydrogen) atoms. The summed E-state index contributed by atoms with van der Waals surface area (Å²) in [6, 6.07) is 13.8. The zero-order valence-corrected chi connectivity index (χ0v) is 9.73. The minimum absolute atomic E-state index is 0.327. The van der Waals surface area contributed by atoms with Crippen LogP contribution in [0.2, 0.25) is 0 Å². The number of hydrogen-bond acceptors (Lipinski definition) is 1. The molecule has 1 atom stereocenters. The van der Waals surface area contributed by atoms with Crippen molar-refractivity contribution in [2.24, 2.45) is 0 Å². The van der Waals surface area contributed by atoms with E-state index in [2.05, 4.69) is 6.92 Å². The highest BCUT2D eigenvalue weighted by atomic mass is 19.1. The number of aliphatic hydroxyl groups is 1. The van der Waals surface area contributed by atoms with Gasteiger partial charge in [0.05, 0.1) is 0 Å². The van der Waals surface area contributed by atoms with Crippen molar-refractivity contribution in [2.45, 2.75) is 19.4 Å². The molecule has 2 rings (SSSR count). The first-order chi connectivity index (χ1) is 8.20. The lowest BCUT2D eigenvalue weighted by atomic mass is 10.00. The lowest BCUT2D eigenvalue weighted by molar-refractivity contribution is 0.220. The monoisotopic (exact) mass is 230 g/mol. The van der Waals surface area contributed by atoms with Crippen molar-refractivity contribution in [1.29, 1.82) is 0 Å². The van der Waals surface area contributed by atoms with Gasteiger partial charge in [0.2, 0.25) is 0 Å². The maximum Gasteiger partial charge on any atom is 0.123 e. The smallest absolute Gasteiger partial charge is 0.123 e. The Labute approximate surface area is 101 Å². The largest absolute Gasteiger partial charge is 0.384 e. The van der Waals surface area contributed by atoms with Gasteiger partial charge >= 0.3 is 0 Å². The first kappa shape index (κ1) is 11.8. The van der Waals surface area contributed by atoms with E-state index < -0.39 is 6.10 Å². The van der Waals surface area contributed by atoms with Gasteiger partial charge in [-0.2, -0.15) is 0 Å². The fourth-order valence-corrected chi connectivity index (χ4v) is 1.80. The van der Waals surface area contributed by atoms with Crippen LogP contribution in [0.25, 0.3) is 0 Å². The summed E-state index contributed by atoms with van der Waals surface area (Å²) in [4.78, 5) is 0. The van der Waals surface area contributed by atoms with Crippen molar-refractivity contribution in [1.82, 2.24) is 0 Å². The van der Waals surface area contributed by atoms with Crippen LogP contribution >= 0.6 is 0 Å². The average molecular weight is 230 g/mol. The number of rotatable bonds is 3. The Bertz CT molecular complexity index is 491. The van der Waals surface area contributed by atoms with Gasteiger partial charge in [-0.1, -0.05) is 43.3 Å². The number of aryl methyl sites for hydroxylation is 1. The molecule has 88 valence electrons. The minimum atomic E-state index is -0.767. The summed E-state index contributed by atoms with van der Waals surface area (Å²) in [6.45, 7) is 2.08. The predicted octanol–water partition coefficient (Wildman–Crippen LogP) is 3.47. The number of benzene rings is 2. The van der Waals surface area contributed by atoms with Gasteiger partial charge in [0.25, 0.3) is 0 Å². The van der Waals surface area contributed by atoms with Crippen LogP contribution in [0, 0.1) is 5.82 Å². The van der Waals surface area contributed by atoms with Crippen molar-refractivity contribution in [2.75, 3.05) is 0 Å². The zero-order valence-electron chi connectivity index (χ0n) is 9.73. The summed E-state index contributed by atoms with van der Waals surface area (Å²) in [5.41, 5.74) is 2.59. The van der Waals surface area contributed by atoms with E-state index in [-0.39, 0.29) is 5.82 Å². The molecule has 2 heteroatoms. The lowest BCUT2D eigenvalue weighted by Gasteiger charge is -2.12. The molecule has 0 aromatic heterocycles. The standard InChI is InChI=1S/C15H15FO/c1-2-11-6-8-12(9-7-11)15(17)13-4-3-5-14(16)10-13/h3-10,15,17H,2H2,1H3/t15-/m0/s1. The van der Waals surface area contributed by atoms with Crippen LogP contribution in [0.3, 0.4) is 0 Å². The maximum absolute atomic E-state index is 13.1. The van der Waals surface area contributed by atoms with E-state index in [0.29, 0.717) is 5.56 Å². The molecule has 0 aliphatic carbocycles. The molecule has 0 aliphatic heterocycles. The first-order valence-electron chi connectivity index (χ1n) is 5.73. The quantitative estimate of drug-likeness (QED) is 0.856. The van der Waals surface area contributed by atoms with E-state index >= 15 is 0 Å². The Morgan fingerprint density at radius 2 is 1.76 bits per heavy atom. The minimum Gasteiger partial charge on any atom is -0.384 e. The third kappa shape index (κ3) is 2.71. The molecule has 0 fully saturated rings. The van der Waals surface area contributed by atoms with Crippen LogP contribution in [0.5, 0.6) is 0 Å². The highest BCUT2D eigenvalue weighted by Gasteiger charge is 2.10. The molecule has 0 heterocycles. The molecule has 0 saturated heterocycles. The normalized spacial score (nSPS) is 12.4. The Kier molecular flexibility index (Phi) is 3.55. The molecule has 0 saturated carbocycles. The van der Waals surface area contributed by atoms with E-state index in [0.717, 1.165) is 12.0 Å². The third-order valence-corrected chi connectivity index (χ3v) is 2.87. The highest BCUT2D eigenvalue weighted by Crippen LogP contribution is 2.22. The molecule has 0 unspecified atom stereocenters. The maximum atomic E-state index is 13.1. The van der Waals surface area contributed by atoms with E-state index in [4.69, 9.17) is 0 Å². The predicted molar refractivity (Wildman–Crippen MR) is 66.3 cm³/mol. The summed E-state index contributed by atoms with van der Waals surface area (Å²) in [5, 5.41) is 10.1. The van der Waals surface area contributed by atoms with Gasteiger partial charge in [-0.05, 0) is 35.2 Å². The van der Waals surface area contributed by atoms with Crippen molar-refractivity contribution in [3.63, 3.8) is 0 Å². The van der Waals surface area contributed by atoms with Crippen LogP contribution in [-0.4, -0.2) is 5.11 Å². The molecule has 0 aliphatic rings. The number of hydrogen-bond donors (Lipinski definition) is 1. The fourth-order valence-electron chi connectivity index (χ4n) is 1.80. The molecule has 1 N–H and O–H groups in total. The zero-order chi connectivity index (χ0) is 12.3. The van der Waals surface area contributed by atoms with Crippen LogP contribution < -0.4 is 0 Å². The van der Waals surface area contributed by atoms with E-state index in [1.807, 2.05) is 24.3 Å². The lowest BCUT2D eigenvalue weighted by Crippen LogP contribution is -2.00. The molecular formula is C15H15FO. The van der Waals surface area contributed by atoms with E-state index in [1.165, 1.54) is 17.7 Å². The van der Waals surface area contributed by atoms with Crippen LogP contribution in [0.15, 0.2) is 48.5 Å². The summed E-state index contributed by atoms with van der Waals surface area (Å²) in [6.07, 6.45) is 0.202. The molecule has 0 radical (unpaired) electrons. The van der Waals surface area contributed by atoms with Crippen molar-refractivity contribution in [3.8, 4) is 0 Å². The van der Waals surface area contributed by atoms with Crippen molar-refractivity contribution in [3.05, 3.63) is 71.0 Å². The van der Waals surface area contributed by atoms with E-state index in [1.54, 1.807) is 12.1 Å². The Morgan fingerprint density at radius 1 is 1.06 bits per heavy atom. The van der Waals surface area contributed by atoms with Gasteiger partial charge in [-0.25, -0.2) is 4.39 Å². The molecule has 0 bridgehead atoms. The van der Waals surface area contributed by atoms with E-state index in [9.17, 15) is 9.50 Å². The molecule has 2 aromatic rings. The van der Waals surface area contributed by atoms with Gasteiger partial charge < -0.3 is 5.11 Å². The van der Waals surface area contributed by atoms with Gasteiger partial charge in [-0.3, -0.25) is 0 Å². The average Bonchev–Trinajstić information content (AvgIpc) is 2.38. The molecule has 0 spiro atoms. The Balaban J connectivity index is 2.27. The van der Waals surface area contributed by atoms with Gasteiger partial charge in [0.15, 0.2) is 0 Å². The van der Waals surface area contributed by atoms with Crippen molar-refractivity contribution < 1.29 is 9.50 Å². The molecular weight excluding hydrogens is 215 g/mol. The Hall–Kier alpha value is -1.67. The second-order valence-corrected chi connectivity index (χ2v) is 4.05. The van der Waals surface area contributed by atoms with Gasteiger partial charge in [0.1, 0.15) is 11.9 Å². The van der Waals surface area contributed by atoms with Crippen LogP contribution in [0.1, 0.15) is 29.7 Å². The van der Waals surface area contributed by atoms with Crippen LogP contribution in [-0.2, 0) is 6.42 Å². The molecule has 0 amide bonds. The molecule has 2 aromatic carbocycles. The number of halogens is 1. The Morgan fingerprint density at radius 3 is 2.35 bits per heavy atom. The summed E-state index contributed by atoms with van der Waals surface area (Å²) < 4.78 is 13.1. The number of aliphatic hydroxyl groups excluding tert-OH is 1. The topological polar surface area (TPSA) is 20.2 Å². The fraction of sp³-hybridized carbons (Fsp3) is 0.200. The second kappa shape index (κ2) is 5.11. The van der Waals surface area contributed by atoms with Crippen molar-refractivity contribution >= 4 is 0 Å². The molecule has 1 nitrogen and oxygen atoms in total. The third-order valence-electron chi connectivity index (χ3n) is 2.87. The highest BCUT2D eigenvalue weighted by molar-refractivity contribution is 5.32. The first-order valence-corrected chi connectivity index (χ1v) is 5.73. The summed E-state index contributed by atoms with van der Waals surface area (Å²) in [5.74, 6) is -0.327. The SMILES string of the molecule is CCc1ccc([C@H](O)c2cccc(F)c2)cc1. The summed E-state index contributed by atoms with van der Waals surface area (Å²) in [7, 11) is 0.